The molecule has 0 aliphatic heterocycles. The number of hydrogen-bond acceptors (Lipinski definition) is 6. The fourth-order valence-electron chi connectivity index (χ4n) is 2.02. The maximum atomic E-state index is 9.45. The molecule has 0 bridgehead atoms. The van der Waals surface area contributed by atoms with Crippen LogP contribution >= 0.6 is 22.9 Å². The zero-order chi connectivity index (χ0) is 16.2. The first-order valence-electron chi connectivity index (χ1n) is 6.55. The van der Waals surface area contributed by atoms with Gasteiger partial charge in [0.05, 0.1) is 29.1 Å². The summed E-state index contributed by atoms with van der Waals surface area (Å²) in [6.45, 7) is 0. The molecule has 0 aliphatic carbocycles. The summed E-state index contributed by atoms with van der Waals surface area (Å²) in [5.74, 6) is -0.590. The molecule has 0 radical (unpaired) electrons. The third-order valence-corrected chi connectivity index (χ3v) is 4.24. The van der Waals surface area contributed by atoms with Crippen molar-refractivity contribution in [1.29, 1.82) is 10.5 Å². The van der Waals surface area contributed by atoms with Crippen molar-refractivity contribution < 1.29 is 0 Å². The number of nitriles is 2. The first kappa shape index (κ1) is 15.1. The number of thiazole rings is 1. The molecule has 1 unspecified atom stereocenters. The van der Waals surface area contributed by atoms with Gasteiger partial charge in [-0.3, -0.25) is 0 Å². The lowest BCUT2D eigenvalue weighted by atomic mass is 10.1. The van der Waals surface area contributed by atoms with Crippen LogP contribution in [0.1, 0.15) is 22.2 Å². The van der Waals surface area contributed by atoms with Crippen LogP contribution < -0.4 is 0 Å². The van der Waals surface area contributed by atoms with E-state index < -0.39 is 5.92 Å². The average Bonchev–Trinajstić information content (AvgIpc) is 3.05. The van der Waals surface area contributed by atoms with Gasteiger partial charge in [-0.05, 0) is 29.8 Å². The Morgan fingerprint density at radius 2 is 1.87 bits per heavy atom. The molecule has 0 aliphatic rings. The van der Waals surface area contributed by atoms with Crippen molar-refractivity contribution in [2.45, 2.75) is 5.92 Å². The topological polar surface area (TPSA) is 86.2 Å². The minimum atomic E-state index is -0.590. The molecule has 110 valence electrons. The van der Waals surface area contributed by atoms with Crippen molar-refractivity contribution in [2.24, 2.45) is 0 Å². The molecule has 23 heavy (non-hydrogen) atoms. The van der Waals surface area contributed by atoms with Crippen molar-refractivity contribution in [2.75, 3.05) is 0 Å². The van der Waals surface area contributed by atoms with E-state index in [1.807, 2.05) is 17.5 Å². The summed E-state index contributed by atoms with van der Waals surface area (Å²) in [7, 11) is 0. The Morgan fingerprint density at radius 3 is 2.52 bits per heavy atom. The van der Waals surface area contributed by atoms with E-state index in [1.165, 1.54) is 17.5 Å². The van der Waals surface area contributed by atoms with Crippen LogP contribution in [0, 0.1) is 22.7 Å². The fraction of sp³-hybridized carbons (Fsp3) is 0.0625. The lowest BCUT2D eigenvalue weighted by Gasteiger charge is -2.04. The van der Waals surface area contributed by atoms with Gasteiger partial charge in [0.15, 0.2) is 0 Å². The first-order chi connectivity index (χ1) is 11.2. The predicted octanol–water partition coefficient (Wildman–Crippen LogP) is 3.78. The number of hydrogen-bond donors (Lipinski definition) is 0. The molecule has 5 nitrogen and oxygen atoms in total. The van der Waals surface area contributed by atoms with Crippen LogP contribution in [0.2, 0.25) is 5.28 Å². The molecule has 0 fully saturated rings. The molecule has 7 heteroatoms. The standard InChI is InChI=1S/C16H8ClN5S/c17-16-20-6-5-13(22-16)12(8-19)15-21-14(9-23-15)11-3-1-10(7-18)2-4-11/h1-6,9,12H. The molecule has 0 amide bonds. The summed E-state index contributed by atoms with van der Waals surface area (Å²) in [6, 6.07) is 13.1. The van der Waals surface area contributed by atoms with Gasteiger partial charge in [0.1, 0.15) is 10.9 Å². The number of benzene rings is 1. The molecule has 0 saturated carbocycles. The molecule has 1 atom stereocenters. The van der Waals surface area contributed by atoms with Crippen LogP contribution in [0.15, 0.2) is 41.9 Å². The van der Waals surface area contributed by atoms with Crippen molar-refractivity contribution in [3.63, 3.8) is 0 Å². The highest BCUT2D eigenvalue weighted by Gasteiger charge is 2.19. The third kappa shape index (κ3) is 3.19. The van der Waals surface area contributed by atoms with Crippen LogP contribution in [0.25, 0.3) is 11.3 Å². The molecule has 2 heterocycles. The first-order valence-corrected chi connectivity index (χ1v) is 7.81. The van der Waals surface area contributed by atoms with Gasteiger partial charge in [0.25, 0.3) is 0 Å². The Morgan fingerprint density at radius 1 is 1.09 bits per heavy atom. The fourth-order valence-corrected chi connectivity index (χ4v) is 3.06. The zero-order valence-corrected chi connectivity index (χ0v) is 13.2. The van der Waals surface area contributed by atoms with Crippen LogP contribution in [0.5, 0.6) is 0 Å². The summed E-state index contributed by atoms with van der Waals surface area (Å²) < 4.78 is 0. The number of nitrogens with zero attached hydrogens (tertiary/aromatic N) is 5. The quantitative estimate of drug-likeness (QED) is 0.679. The van der Waals surface area contributed by atoms with Gasteiger partial charge in [-0.15, -0.1) is 11.3 Å². The van der Waals surface area contributed by atoms with Gasteiger partial charge in [0.2, 0.25) is 5.28 Å². The summed E-state index contributed by atoms with van der Waals surface area (Å²) >= 11 is 7.17. The van der Waals surface area contributed by atoms with E-state index in [9.17, 15) is 5.26 Å². The van der Waals surface area contributed by atoms with Crippen LogP contribution in [-0.4, -0.2) is 15.0 Å². The number of rotatable bonds is 3. The van der Waals surface area contributed by atoms with E-state index in [-0.39, 0.29) is 5.28 Å². The van der Waals surface area contributed by atoms with Crippen molar-refractivity contribution in [3.8, 4) is 23.4 Å². The van der Waals surface area contributed by atoms with E-state index in [1.54, 1.807) is 18.2 Å². The highest BCUT2D eigenvalue weighted by molar-refractivity contribution is 7.10. The summed E-state index contributed by atoms with van der Waals surface area (Å²) in [5.41, 5.74) is 2.77. The lowest BCUT2D eigenvalue weighted by Crippen LogP contribution is -2.01. The smallest absolute Gasteiger partial charge is 0.222 e. The van der Waals surface area contributed by atoms with Gasteiger partial charge in [-0.2, -0.15) is 10.5 Å². The maximum Gasteiger partial charge on any atom is 0.222 e. The normalized spacial score (nSPS) is 11.4. The highest BCUT2D eigenvalue weighted by Crippen LogP contribution is 2.30. The molecular weight excluding hydrogens is 330 g/mol. The Labute approximate surface area is 141 Å². The molecule has 0 N–H and O–H groups in total. The van der Waals surface area contributed by atoms with Crippen molar-refractivity contribution in [1.82, 2.24) is 15.0 Å². The average molecular weight is 338 g/mol. The predicted molar refractivity (Wildman–Crippen MR) is 86.8 cm³/mol. The second-order valence-corrected chi connectivity index (χ2v) is 5.80. The number of halogens is 1. The third-order valence-electron chi connectivity index (χ3n) is 3.15. The highest BCUT2D eigenvalue weighted by atomic mass is 35.5. The molecule has 3 rings (SSSR count). The minimum Gasteiger partial charge on any atom is -0.239 e. The summed E-state index contributed by atoms with van der Waals surface area (Å²) in [4.78, 5) is 12.4. The van der Waals surface area contributed by atoms with Gasteiger partial charge >= 0.3 is 0 Å². The second-order valence-electron chi connectivity index (χ2n) is 4.57. The van der Waals surface area contributed by atoms with Crippen LogP contribution in [0.3, 0.4) is 0 Å². The Hall–Kier alpha value is -2.80. The van der Waals surface area contributed by atoms with E-state index >= 15 is 0 Å². The van der Waals surface area contributed by atoms with Gasteiger partial charge < -0.3 is 0 Å². The number of aromatic nitrogens is 3. The minimum absolute atomic E-state index is 0.103. The van der Waals surface area contributed by atoms with E-state index in [4.69, 9.17) is 16.9 Å². The SMILES string of the molecule is N#Cc1ccc(-c2csc(C(C#N)c3ccnc(Cl)n3)n2)cc1. The van der Waals surface area contributed by atoms with Gasteiger partial charge in [-0.25, -0.2) is 15.0 Å². The maximum absolute atomic E-state index is 9.45. The second kappa shape index (κ2) is 6.53. The molecule has 1 aromatic carbocycles. The Bertz CT molecular complexity index is 921. The van der Waals surface area contributed by atoms with Gasteiger partial charge in [0, 0.05) is 17.1 Å². The molecule has 0 saturated heterocycles. The van der Waals surface area contributed by atoms with Crippen molar-refractivity contribution in [3.05, 3.63) is 63.5 Å². The van der Waals surface area contributed by atoms with E-state index in [0.29, 0.717) is 16.3 Å². The summed E-state index contributed by atoms with van der Waals surface area (Å²) in [5, 5.41) is 20.9. The Balaban J connectivity index is 1.94. The van der Waals surface area contributed by atoms with Crippen LogP contribution in [-0.2, 0) is 0 Å². The molecule has 0 spiro atoms. The summed E-state index contributed by atoms with van der Waals surface area (Å²) in [6.07, 6.45) is 1.52. The molecule has 2 aromatic heterocycles. The van der Waals surface area contributed by atoms with Gasteiger partial charge in [-0.1, -0.05) is 12.1 Å². The lowest BCUT2D eigenvalue weighted by molar-refractivity contribution is 0.931. The molecular formula is C16H8ClN5S. The monoisotopic (exact) mass is 337 g/mol. The Kier molecular flexibility index (Phi) is 4.29. The van der Waals surface area contributed by atoms with E-state index in [2.05, 4.69) is 27.1 Å². The molecule has 3 aromatic rings. The van der Waals surface area contributed by atoms with E-state index in [0.717, 1.165) is 11.3 Å². The largest absolute Gasteiger partial charge is 0.239 e. The van der Waals surface area contributed by atoms with Crippen molar-refractivity contribution >= 4 is 22.9 Å². The van der Waals surface area contributed by atoms with Crippen LogP contribution in [0.4, 0.5) is 0 Å². The zero-order valence-electron chi connectivity index (χ0n) is 11.6.